The van der Waals surface area contributed by atoms with Crippen LogP contribution in [0.15, 0.2) is 36.9 Å². The zero-order valence-electron chi connectivity index (χ0n) is 20.2. The number of aryl methyl sites for hydroxylation is 1. The molecule has 0 spiro atoms. The molecule has 0 aliphatic rings. The van der Waals surface area contributed by atoms with Crippen molar-refractivity contribution in [3.8, 4) is 0 Å². The Morgan fingerprint density at radius 1 is 1.16 bits per heavy atom. The number of benzene rings is 1. The molecule has 2 unspecified atom stereocenters. The van der Waals surface area contributed by atoms with E-state index in [-0.39, 0.29) is 18.2 Å². The quantitative estimate of drug-likeness (QED) is 0.404. The fourth-order valence-corrected chi connectivity index (χ4v) is 3.33. The van der Waals surface area contributed by atoms with Crippen molar-refractivity contribution in [2.45, 2.75) is 71.7 Å². The summed E-state index contributed by atoms with van der Waals surface area (Å²) < 4.78 is 5.28. The maximum atomic E-state index is 13.5. The number of nitrogens with zero attached hydrogens (tertiary/aromatic N) is 1. The van der Waals surface area contributed by atoms with E-state index in [0.29, 0.717) is 5.56 Å². The normalized spacial score (nSPS) is 13.5. The molecule has 178 valence electrons. The average molecular weight is 464 g/mol. The van der Waals surface area contributed by atoms with E-state index in [0.717, 1.165) is 5.56 Å². The molecule has 1 rings (SSSR count). The summed E-state index contributed by atoms with van der Waals surface area (Å²) in [5.41, 5.74) is 0.342. The second-order valence-corrected chi connectivity index (χ2v) is 10.0. The molecule has 7 nitrogen and oxygen atoms in total. The summed E-state index contributed by atoms with van der Waals surface area (Å²) in [5, 5.41) is 5.54. The van der Waals surface area contributed by atoms with Gasteiger partial charge in [-0.05, 0) is 59.6 Å². The molecular weight excluding hydrogens is 426 g/mol. The Balaban J connectivity index is 3.38. The van der Waals surface area contributed by atoms with Gasteiger partial charge < -0.3 is 20.3 Å². The van der Waals surface area contributed by atoms with E-state index < -0.39 is 35.2 Å². The lowest BCUT2D eigenvalue weighted by Crippen LogP contribution is -2.55. The van der Waals surface area contributed by atoms with E-state index in [1.54, 1.807) is 26.8 Å². The maximum Gasteiger partial charge on any atom is 0.408 e. The van der Waals surface area contributed by atoms with Crippen LogP contribution in [0, 0.1) is 6.92 Å². The molecular formula is C24H37N3O4S. The van der Waals surface area contributed by atoms with E-state index in [4.69, 9.17) is 4.74 Å². The third-order valence-corrected chi connectivity index (χ3v) is 4.69. The van der Waals surface area contributed by atoms with Gasteiger partial charge in [-0.1, -0.05) is 30.3 Å². The first-order valence-electron chi connectivity index (χ1n) is 10.6. The SMILES string of the molecule is C=CCN(C(=O)C(CS)NC(=O)OC(C)(C)C)C(C(=O)NC(C)(C)C)c1ccccc1C. The molecule has 2 N–H and O–H groups in total. The number of nitrogens with one attached hydrogen (secondary N) is 2. The Hall–Kier alpha value is -2.48. The van der Waals surface area contributed by atoms with Gasteiger partial charge in [0.1, 0.15) is 17.7 Å². The Kier molecular flexibility index (Phi) is 9.82. The smallest absolute Gasteiger partial charge is 0.408 e. The lowest BCUT2D eigenvalue weighted by molar-refractivity contribution is -0.142. The van der Waals surface area contributed by atoms with E-state index in [1.165, 1.54) is 4.90 Å². The van der Waals surface area contributed by atoms with Gasteiger partial charge in [0, 0.05) is 17.8 Å². The summed E-state index contributed by atoms with van der Waals surface area (Å²) in [4.78, 5) is 40.6. The van der Waals surface area contributed by atoms with Gasteiger partial charge in [0.05, 0.1) is 0 Å². The minimum absolute atomic E-state index is 0.0348. The maximum absolute atomic E-state index is 13.5. The van der Waals surface area contributed by atoms with Gasteiger partial charge in [-0.15, -0.1) is 6.58 Å². The third kappa shape index (κ3) is 8.57. The van der Waals surface area contributed by atoms with Crippen LogP contribution >= 0.6 is 12.6 Å². The van der Waals surface area contributed by atoms with Gasteiger partial charge >= 0.3 is 6.09 Å². The first-order valence-corrected chi connectivity index (χ1v) is 11.2. The number of carbonyl (C=O) groups excluding carboxylic acids is 3. The first kappa shape index (κ1) is 27.6. The minimum atomic E-state index is -0.984. The molecule has 8 heteroatoms. The van der Waals surface area contributed by atoms with Crippen LogP contribution in [-0.2, 0) is 14.3 Å². The van der Waals surface area contributed by atoms with Crippen LogP contribution in [-0.4, -0.2) is 52.3 Å². The summed E-state index contributed by atoms with van der Waals surface area (Å²) in [6.07, 6.45) is 0.825. The Labute approximate surface area is 197 Å². The van der Waals surface area contributed by atoms with Crippen molar-refractivity contribution in [3.63, 3.8) is 0 Å². The number of ether oxygens (including phenoxy) is 1. The summed E-state index contributed by atoms with van der Waals surface area (Å²) in [6, 6.07) is 5.51. The van der Waals surface area contributed by atoms with Gasteiger partial charge in [0.25, 0.3) is 0 Å². The standard InChI is InChI=1S/C24H37N3O4S/c1-9-14-27(21(29)18(15-32)25-22(30)31-24(6,7)8)19(20(28)26-23(3,4)5)17-13-11-10-12-16(17)2/h9-13,18-19,32H,1,14-15H2,2-8H3,(H,25,30)(H,26,28). The highest BCUT2D eigenvalue weighted by Crippen LogP contribution is 2.26. The predicted octanol–water partition coefficient (Wildman–Crippen LogP) is 3.79. The van der Waals surface area contributed by atoms with Crippen molar-refractivity contribution in [1.82, 2.24) is 15.5 Å². The Bertz CT molecular complexity index is 827. The number of carbonyl (C=O) groups is 3. The lowest BCUT2D eigenvalue weighted by atomic mass is 9.97. The molecule has 0 bridgehead atoms. The van der Waals surface area contributed by atoms with Crippen molar-refractivity contribution in [2.75, 3.05) is 12.3 Å². The number of thiol groups is 1. The highest BCUT2D eigenvalue weighted by Gasteiger charge is 2.36. The molecule has 0 saturated heterocycles. The molecule has 0 aromatic heterocycles. The third-order valence-electron chi connectivity index (χ3n) is 4.32. The predicted molar refractivity (Wildman–Crippen MR) is 131 cm³/mol. The first-order chi connectivity index (χ1) is 14.7. The van der Waals surface area contributed by atoms with E-state index in [2.05, 4.69) is 29.8 Å². The van der Waals surface area contributed by atoms with Crippen LogP contribution < -0.4 is 10.6 Å². The molecule has 0 saturated carbocycles. The average Bonchev–Trinajstić information content (AvgIpc) is 2.63. The number of amides is 3. The van der Waals surface area contributed by atoms with Gasteiger partial charge in [0.15, 0.2) is 0 Å². The molecule has 1 aromatic carbocycles. The fraction of sp³-hybridized carbons (Fsp3) is 0.542. The summed E-state index contributed by atoms with van der Waals surface area (Å²) in [7, 11) is 0. The second-order valence-electron chi connectivity index (χ2n) is 9.66. The second kappa shape index (κ2) is 11.4. The highest BCUT2D eigenvalue weighted by molar-refractivity contribution is 7.80. The molecule has 0 fully saturated rings. The topological polar surface area (TPSA) is 87.7 Å². The number of alkyl carbamates (subject to hydrolysis) is 1. The van der Waals surface area contributed by atoms with Crippen molar-refractivity contribution in [3.05, 3.63) is 48.0 Å². The highest BCUT2D eigenvalue weighted by atomic mass is 32.1. The molecule has 0 aliphatic heterocycles. The molecule has 32 heavy (non-hydrogen) atoms. The van der Waals surface area contributed by atoms with Crippen molar-refractivity contribution in [2.24, 2.45) is 0 Å². The lowest BCUT2D eigenvalue weighted by Gasteiger charge is -2.35. The van der Waals surface area contributed by atoms with Crippen molar-refractivity contribution in [1.29, 1.82) is 0 Å². The molecule has 3 amide bonds. The van der Waals surface area contributed by atoms with Crippen LogP contribution in [0.3, 0.4) is 0 Å². The van der Waals surface area contributed by atoms with Gasteiger partial charge in [-0.2, -0.15) is 12.6 Å². The summed E-state index contributed by atoms with van der Waals surface area (Å²) in [6.45, 7) is 16.6. The summed E-state index contributed by atoms with van der Waals surface area (Å²) >= 11 is 4.26. The molecule has 0 heterocycles. The zero-order valence-corrected chi connectivity index (χ0v) is 21.1. The number of hydrogen-bond acceptors (Lipinski definition) is 5. The molecule has 0 aliphatic carbocycles. The van der Waals surface area contributed by atoms with Crippen molar-refractivity contribution < 1.29 is 19.1 Å². The molecule has 1 aromatic rings. The number of rotatable bonds is 8. The Morgan fingerprint density at radius 2 is 1.75 bits per heavy atom. The Morgan fingerprint density at radius 3 is 2.22 bits per heavy atom. The van der Waals surface area contributed by atoms with Crippen LogP contribution in [0.25, 0.3) is 0 Å². The van der Waals surface area contributed by atoms with Gasteiger partial charge in [-0.3, -0.25) is 9.59 Å². The van der Waals surface area contributed by atoms with Crippen LogP contribution in [0.4, 0.5) is 4.79 Å². The van der Waals surface area contributed by atoms with E-state index in [1.807, 2.05) is 52.0 Å². The van der Waals surface area contributed by atoms with E-state index in [9.17, 15) is 14.4 Å². The molecule has 0 radical (unpaired) electrons. The van der Waals surface area contributed by atoms with Crippen molar-refractivity contribution >= 4 is 30.5 Å². The fourth-order valence-electron chi connectivity index (χ4n) is 3.08. The number of hydrogen-bond donors (Lipinski definition) is 3. The van der Waals surface area contributed by atoms with Gasteiger partial charge in [-0.25, -0.2) is 4.79 Å². The van der Waals surface area contributed by atoms with E-state index >= 15 is 0 Å². The largest absolute Gasteiger partial charge is 0.444 e. The van der Waals surface area contributed by atoms with Crippen LogP contribution in [0.1, 0.15) is 58.7 Å². The van der Waals surface area contributed by atoms with Gasteiger partial charge in [0.2, 0.25) is 11.8 Å². The monoisotopic (exact) mass is 463 g/mol. The minimum Gasteiger partial charge on any atom is -0.444 e. The zero-order chi connectivity index (χ0) is 24.7. The molecule has 2 atom stereocenters. The van der Waals surface area contributed by atoms with Crippen LogP contribution in [0.2, 0.25) is 0 Å². The summed E-state index contributed by atoms with van der Waals surface area (Å²) in [5.74, 6) is -0.743. The van der Waals surface area contributed by atoms with Crippen LogP contribution in [0.5, 0.6) is 0 Å².